The fourth-order valence-electron chi connectivity index (χ4n) is 2.04. The molecule has 3 rings (SSSR count). The van der Waals surface area contributed by atoms with Crippen LogP contribution in [-0.2, 0) is 6.54 Å². The summed E-state index contributed by atoms with van der Waals surface area (Å²) in [5.74, 6) is 0.434. The molecule has 0 aliphatic carbocycles. The Kier molecular flexibility index (Phi) is 3.88. The summed E-state index contributed by atoms with van der Waals surface area (Å²) >= 11 is 1.39. The highest BCUT2D eigenvalue weighted by atomic mass is 32.1. The number of benzene rings is 1. The van der Waals surface area contributed by atoms with Gasteiger partial charge in [0.1, 0.15) is 10.6 Å². The molecule has 6 nitrogen and oxygen atoms in total. The number of rotatable bonds is 4. The first kappa shape index (κ1) is 14.3. The topological polar surface area (TPSA) is 84.1 Å². The van der Waals surface area contributed by atoms with Crippen molar-refractivity contribution in [3.63, 3.8) is 0 Å². The average molecular weight is 315 g/mol. The summed E-state index contributed by atoms with van der Waals surface area (Å²) in [5.41, 5.74) is 0.350. The largest absolute Gasteiger partial charge is 0.497 e. The van der Waals surface area contributed by atoms with Gasteiger partial charge in [-0.15, -0.1) is 11.3 Å². The fourth-order valence-corrected chi connectivity index (χ4v) is 2.97. The maximum atomic E-state index is 12.1. The predicted molar refractivity (Wildman–Crippen MR) is 84.4 cm³/mol. The number of carbonyl (C=O) groups is 1. The van der Waals surface area contributed by atoms with Gasteiger partial charge in [0.2, 0.25) is 0 Å². The van der Waals surface area contributed by atoms with Gasteiger partial charge in [0.05, 0.1) is 25.4 Å². The molecule has 22 heavy (non-hydrogen) atoms. The van der Waals surface area contributed by atoms with Crippen molar-refractivity contribution < 1.29 is 9.53 Å². The van der Waals surface area contributed by atoms with Crippen LogP contribution in [-0.4, -0.2) is 23.0 Å². The zero-order valence-electron chi connectivity index (χ0n) is 11.8. The molecule has 2 N–H and O–H groups in total. The van der Waals surface area contributed by atoms with Crippen LogP contribution in [0.3, 0.4) is 0 Å². The van der Waals surface area contributed by atoms with E-state index in [4.69, 9.17) is 4.74 Å². The monoisotopic (exact) mass is 315 g/mol. The van der Waals surface area contributed by atoms with Crippen molar-refractivity contribution in [2.45, 2.75) is 6.54 Å². The van der Waals surface area contributed by atoms with Gasteiger partial charge in [-0.2, -0.15) is 0 Å². The van der Waals surface area contributed by atoms with Crippen LogP contribution >= 0.6 is 11.3 Å². The molecular formula is C15H13N3O3S. The lowest BCUT2D eigenvalue weighted by Gasteiger charge is -2.05. The van der Waals surface area contributed by atoms with Gasteiger partial charge in [0, 0.05) is 10.4 Å². The van der Waals surface area contributed by atoms with Crippen LogP contribution < -0.4 is 15.6 Å². The van der Waals surface area contributed by atoms with Crippen molar-refractivity contribution in [3.8, 4) is 5.75 Å². The lowest BCUT2D eigenvalue weighted by atomic mass is 10.2. The molecule has 3 aromatic rings. The van der Waals surface area contributed by atoms with E-state index in [9.17, 15) is 9.59 Å². The van der Waals surface area contributed by atoms with Gasteiger partial charge in [-0.05, 0) is 24.3 Å². The maximum absolute atomic E-state index is 12.1. The van der Waals surface area contributed by atoms with Crippen molar-refractivity contribution in [1.29, 1.82) is 0 Å². The zero-order valence-corrected chi connectivity index (χ0v) is 12.6. The minimum atomic E-state index is -0.196. The number of H-pyrrole nitrogens is 1. The highest BCUT2D eigenvalue weighted by Crippen LogP contribution is 2.20. The predicted octanol–water partition coefficient (Wildman–Crippen LogP) is 1.92. The van der Waals surface area contributed by atoms with Crippen LogP contribution in [0, 0.1) is 0 Å². The Bertz CT molecular complexity index is 885. The van der Waals surface area contributed by atoms with Crippen molar-refractivity contribution in [2.24, 2.45) is 0 Å². The van der Waals surface area contributed by atoms with Gasteiger partial charge in [-0.3, -0.25) is 9.59 Å². The lowest BCUT2D eigenvalue weighted by molar-refractivity contribution is 0.0951. The first-order valence-corrected chi connectivity index (χ1v) is 7.37. The summed E-state index contributed by atoms with van der Waals surface area (Å²) in [6, 6.07) is 8.68. The zero-order chi connectivity index (χ0) is 15.5. The van der Waals surface area contributed by atoms with Gasteiger partial charge in [0.25, 0.3) is 11.5 Å². The van der Waals surface area contributed by atoms with E-state index in [-0.39, 0.29) is 11.5 Å². The van der Waals surface area contributed by atoms with E-state index in [1.807, 2.05) is 0 Å². The Labute approximate surface area is 129 Å². The van der Waals surface area contributed by atoms with Crippen LogP contribution in [0.2, 0.25) is 0 Å². The molecule has 2 heterocycles. The van der Waals surface area contributed by atoms with Crippen molar-refractivity contribution in [3.05, 3.63) is 57.5 Å². The van der Waals surface area contributed by atoms with Crippen LogP contribution in [0.4, 0.5) is 0 Å². The van der Waals surface area contributed by atoms with E-state index in [1.54, 1.807) is 37.4 Å². The van der Waals surface area contributed by atoms with Crippen LogP contribution in [0.1, 0.15) is 15.2 Å². The number of thiophene rings is 1. The van der Waals surface area contributed by atoms with E-state index in [0.717, 1.165) is 4.88 Å². The van der Waals surface area contributed by atoms with Gasteiger partial charge in [-0.1, -0.05) is 6.07 Å². The molecule has 0 aliphatic rings. The van der Waals surface area contributed by atoms with Crippen molar-refractivity contribution in [1.82, 2.24) is 15.3 Å². The van der Waals surface area contributed by atoms with Crippen LogP contribution in [0.5, 0.6) is 5.75 Å². The molecule has 2 aromatic heterocycles. The molecule has 0 fully saturated rings. The number of hydrogen-bond acceptors (Lipinski definition) is 5. The first-order chi connectivity index (χ1) is 10.7. The van der Waals surface area contributed by atoms with Crippen LogP contribution in [0.25, 0.3) is 10.2 Å². The first-order valence-electron chi connectivity index (χ1n) is 6.56. The number of nitrogens with zero attached hydrogens (tertiary/aromatic N) is 1. The number of amides is 1. The number of aromatic nitrogens is 2. The molecule has 0 saturated carbocycles. The van der Waals surface area contributed by atoms with E-state index in [1.165, 1.54) is 17.7 Å². The molecule has 1 aromatic carbocycles. The summed E-state index contributed by atoms with van der Waals surface area (Å²) in [7, 11) is 1.55. The molecule has 7 heteroatoms. The molecule has 0 saturated heterocycles. The molecular weight excluding hydrogens is 302 g/mol. The second-order valence-corrected chi connectivity index (χ2v) is 5.69. The molecule has 0 spiro atoms. The smallest absolute Gasteiger partial charge is 0.259 e. The molecule has 112 valence electrons. The Hall–Kier alpha value is -2.67. The summed E-state index contributed by atoms with van der Waals surface area (Å²) < 4.78 is 5.10. The Morgan fingerprint density at radius 1 is 1.41 bits per heavy atom. The minimum Gasteiger partial charge on any atom is -0.497 e. The third kappa shape index (κ3) is 2.84. The van der Waals surface area contributed by atoms with E-state index < -0.39 is 0 Å². The quantitative estimate of drug-likeness (QED) is 0.770. The molecule has 0 atom stereocenters. The third-order valence-electron chi connectivity index (χ3n) is 3.14. The van der Waals surface area contributed by atoms with E-state index >= 15 is 0 Å². The second-order valence-electron chi connectivity index (χ2n) is 4.58. The van der Waals surface area contributed by atoms with Crippen molar-refractivity contribution >= 4 is 27.5 Å². The summed E-state index contributed by atoms with van der Waals surface area (Å²) in [6.07, 6.45) is 1.37. The lowest BCUT2D eigenvalue weighted by Crippen LogP contribution is -2.22. The number of methoxy groups -OCH3 is 1. The number of hydrogen-bond donors (Lipinski definition) is 2. The van der Waals surface area contributed by atoms with Gasteiger partial charge < -0.3 is 15.0 Å². The standard InChI is InChI=1S/C15H13N3O3S/c1-21-10-4-2-3-9(5-10)13(19)16-7-11-6-12-14(20)17-8-18-15(12)22-11/h2-6,8H,7H2,1H3,(H,16,19)(H,17,18,20). The highest BCUT2D eigenvalue weighted by molar-refractivity contribution is 7.18. The molecule has 0 unspecified atom stereocenters. The molecule has 0 radical (unpaired) electrons. The number of fused-ring (bicyclic) bond motifs is 1. The summed E-state index contributed by atoms with van der Waals surface area (Å²) in [4.78, 5) is 31.9. The van der Waals surface area contributed by atoms with Gasteiger partial charge >= 0.3 is 0 Å². The number of aromatic amines is 1. The van der Waals surface area contributed by atoms with Gasteiger partial charge in [-0.25, -0.2) is 4.98 Å². The second kappa shape index (κ2) is 5.98. The number of nitrogens with one attached hydrogen (secondary N) is 2. The normalized spacial score (nSPS) is 10.6. The Balaban J connectivity index is 1.74. The minimum absolute atomic E-state index is 0.174. The molecule has 0 bridgehead atoms. The SMILES string of the molecule is COc1cccc(C(=O)NCc2cc3c(=O)[nH]cnc3s2)c1. The summed E-state index contributed by atoms with van der Waals surface area (Å²) in [6.45, 7) is 0.344. The van der Waals surface area contributed by atoms with E-state index in [0.29, 0.717) is 28.1 Å². The van der Waals surface area contributed by atoms with Gasteiger partial charge in [0.15, 0.2) is 0 Å². The van der Waals surface area contributed by atoms with Crippen molar-refractivity contribution in [2.75, 3.05) is 7.11 Å². The Morgan fingerprint density at radius 3 is 3.05 bits per heavy atom. The summed E-state index contributed by atoms with van der Waals surface area (Å²) in [5, 5.41) is 3.36. The number of ether oxygens (including phenoxy) is 1. The average Bonchev–Trinajstić information content (AvgIpc) is 2.97. The highest BCUT2D eigenvalue weighted by Gasteiger charge is 2.09. The Morgan fingerprint density at radius 2 is 2.27 bits per heavy atom. The third-order valence-corrected chi connectivity index (χ3v) is 4.18. The van der Waals surface area contributed by atoms with Crippen LogP contribution in [0.15, 0.2) is 41.5 Å². The molecule has 0 aliphatic heterocycles. The molecule has 1 amide bonds. The maximum Gasteiger partial charge on any atom is 0.259 e. The number of carbonyl (C=O) groups excluding carboxylic acids is 1. The fraction of sp³-hybridized carbons (Fsp3) is 0.133. The van der Waals surface area contributed by atoms with E-state index in [2.05, 4.69) is 15.3 Å².